The van der Waals surface area contributed by atoms with Gasteiger partial charge in [0.1, 0.15) is 11.6 Å². The fourth-order valence-electron chi connectivity index (χ4n) is 2.05. The first-order valence-electron chi connectivity index (χ1n) is 6.80. The fourth-order valence-corrected chi connectivity index (χ4v) is 3.01. The Hall–Kier alpha value is -2.05. The molecule has 0 aliphatic rings. The van der Waals surface area contributed by atoms with Gasteiger partial charge < -0.3 is 4.74 Å². The molecule has 118 valence electrons. The van der Waals surface area contributed by atoms with Gasteiger partial charge in [0, 0.05) is 10.8 Å². The molecule has 2 aromatic carbocycles. The minimum absolute atomic E-state index is 0.229. The minimum atomic E-state index is -0.229. The second kappa shape index (κ2) is 7.02. The predicted octanol–water partition coefficient (Wildman–Crippen LogP) is 4.57. The Bertz CT molecular complexity index is 825. The number of H-pyrrole nitrogens is 1. The molecule has 1 heterocycles. The first kappa shape index (κ1) is 15.8. The number of nitrogens with zero attached hydrogens (tertiary/aromatic N) is 2. The molecule has 0 unspecified atom stereocenters. The summed E-state index contributed by atoms with van der Waals surface area (Å²) in [6.45, 7) is 0. The molecule has 1 N–H and O–H groups in total. The van der Waals surface area contributed by atoms with E-state index in [0.29, 0.717) is 33.1 Å². The normalized spacial score (nSPS) is 10.7. The molecule has 0 fully saturated rings. The van der Waals surface area contributed by atoms with Crippen molar-refractivity contribution in [2.45, 2.75) is 10.9 Å². The van der Waals surface area contributed by atoms with Crippen molar-refractivity contribution in [1.29, 1.82) is 0 Å². The van der Waals surface area contributed by atoms with E-state index in [0.717, 1.165) is 5.56 Å². The summed E-state index contributed by atoms with van der Waals surface area (Å²) >= 11 is 7.38. The number of aromatic amines is 1. The Labute approximate surface area is 142 Å². The van der Waals surface area contributed by atoms with E-state index in [-0.39, 0.29) is 5.82 Å². The van der Waals surface area contributed by atoms with Gasteiger partial charge in [-0.15, -0.1) is 5.10 Å². The molecule has 0 aliphatic heterocycles. The maximum Gasteiger partial charge on any atom is 0.209 e. The van der Waals surface area contributed by atoms with Crippen molar-refractivity contribution in [3.05, 3.63) is 58.9 Å². The van der Waals surface area contributed by atoms with Crippen LogP contribution in [0.2, 0.25) is 5.02 Å². The maximum atomic E-state index is 13.6. The second-order valence-electron chi connectivity index (χ2n) is 4.69. The highest BCUT2D eigenvalue weighted by Gasteiger charge is 2.12. The summed E-state index contributed by atoms with van der Waals surface area (Å²) in [6, 6.07) is 11.9. The lowest BCUT2D eigenvalue weighted by molar-refractivity contribution is 0.416. The van der Waals surface area contributed by atoms with Crippen LogP contribution in [0, 0.1) is 5.82 Å². The number of methoxy groups -OCH3 is 1. The third-order valence-corrected chi connectivity index (χ3v) is 4.33. The quantitative estimate of drug-likeness (QED) is 0.686. The molecule has 0 spiro atoms. The Morgan fingerprint density at radius 2 is 2.09 bits per heavy atom. The highest BCUT2D eigenvalue weighted by Crippen LogP contribution is 2.31. The molecular formula is C16H13ClFN3OS. The van der Waals surface area contributed by atoms with E-state index in [1.54, 1.807) is 43.5 Å². The predicted molar refractivity (Wildman–Crippen MR) is 89.3 cm³/mol. The Morgan fingerprint density at radius 1 is 1.26 bits per heavy atom. The smallest absolute Gasteiger partial charge is 0.209 e. The summed E-state index contributed by atoms with van der Waals surface area (Å²) in [7, 11) is 1.58. The molecule has 0 atom stereocenters. The Morgan fingerprint density at radius 3 is 2.87 bits per heavy atom. The van der Waals surface area contributed by atoms with Gasteiger partial charge in [-0.2, -0.15) is 0 Å². The van der Waals surface area contributed by atoms with Crippen LogP contribution in [0.3, 0.4) is 0 Å². The first-order valence-corrected chi connectivity index (χ1v) is 8.16. The monoisotopic (exact) mass is 349 g/mol. The van der Waals surface area contributed by atoms with Gasteiger partial charge in [0.05, 0.1) is 12.7 Å². The van der Waals surface area contributed by atoms with Crippen molar-refractivity contribution in [2.75, 3.05) is 7.11 Å². The van der Waals surface area contributed by atoms with E-state index in [2.05, 4.69) is 15.2 Å². The van der Waals surface area contributed by atoms with Crippen molar-refractivity contribution in [1.82, 2.24) is 15.2 Å². The average Bonchev–Trinajstić information content (AvgIpc) is 3.03. The summed E-state index contributed by atoms with van der Waals surface area (Å²) in [4.78, 5) is 4.41. The lowest BCUT2D eigenvalue weighted by Crippen LogP contribution is -1.89. The molecule has 0 saturated heterocycles. The SMILES string of the molecule is COc1ccc(Cl)cc1-c1nc(SCc2ccccc2F)n[nH]1. The van der Waals surface area contributed by atoms with Crippen LogP contribution in [0.15, 0.2) is 47.6 Å². The van der Waals surface area contributed by atoms with Gasteiger partial charge in [-0.05, 0) is 29.8 Å². The third-order valence-electron chi connectivity index (χ3n) is 3.20. The number of hydrogen-bond donors (Lipinski definition) is 1. The van der Waals surface area contributed by atoms with Gasteiger partial charge in [0.15, 0.2) is 5.82 Å². The number of rotatable bonds is 5. The van der Waals surface area contributed by atoms with Crippen molar-refractivity contribution >= 4 is 23.4 Å². The number of hydrogen-bond acceptors (Lipinski definition) is 4. The first-order chi connectivity index (χ1) is 11.2. The molecule has 1 aromatic heterocycles. The zero-order chi connectivity index (χ0) is 16.2. The standard InChI is InChI=1S/C16H13ClFN3OS/c1-22-14-7-6-11(17)8-12(14)15-19-16(21-20-15)23-9-10-4-2-3-5-13(10)18/h2-8H,9H2,1H3,(H,19,20,21). The Balaban J connectivity index is 1.79. The van der Waals surface area contributed by atoms with Gasteiger partial charge in [-0.25, -0.2) is 9.37 Å². The number of benzene rings is 2. The van der Waals surface area contributed by atoms with E-state index < -0.39 is 0 Å². The number of ether oxygens (including phenoxy) is 1. The van der Waals surface area contributed by atoms with Crippen molar-refractivity contribution in [2.24, 2.45) is 0 Å². The molecule has 0 amide bonds. The molecule has 23 heavy (non-hydrogen) atoms. The summed E-state index contributed by atoms with van der Waals surface area (Å²) in [5.74, 6) is 1.43. The highest BCUT2D eigenvalue weighted by molar-refractivity contribution is 7.98. The molecule has 3 aromatic rings. The van der Waals surface area contributed by atoms with Gasteiger partial charge in [-0.1, -0.05) is 41.6 Å². The van der Waals surface area contributed by atoms with Gasteiger partial charge in [-0.3, -0.25) is 5.10 Å². The van der Waals surface area contributed by atoms with Crippen LogP contribution in [0.1, 0.15) is 5.56 Å². The van der Waals surface area contributed by atoms with E-state index in [9.17, 15) is 4.39 Å². The van der Waals surface area contributed by atoms with E-state index in [4.69, 9.17) is 16.3 Å². The maximum absolute atomic E-state index is 13.6. The summed E-state index contributed by atoms with van der Waals surface area (Å²) in [5, 5.41) is 8.12. The lowest BCUT2D eigenvalue weighted by atomic mass is 10.2. The van der Waals surface area contributed by atoms with Crippen molar-refractivity contribution in [3.8, 4) is 17.1 Å². The van der Waals surface area contributed by atoms with E-state index >= 15 is 0 Å². The van der Waals surface area contributed by atoms with Crippen LogP contribution < -0.4 is 4.74 Å². The highest BCUT2D eigenvalue weighted by atomic mass is 35.5. The molecule has 0 radical (unpaired) electrons. The zero-order valence-electron chi connectivity index (χ0n) is 12.2. The summed E-state index contributed by atoms with van der Waals surface area (Å²) in [5.41, 5.74) is 1.34. The van der Waals surface area contributed by atoms with E-state index in [1.165, 1.54) is 17.8 Å². The minimum Gasteiger partial charge on any atom is -0.496 e. The Kier molecular flexibility index (Phi) is 4.83. The van der Waals surface area contributed by atoms with Crippen LogP contribution in [-0.2, 0) is 5.75 Å². The van der Waals surface area contributed by atoms with Crippen LogP contribution in [0.25, 0.3) is 11.4 Å². The molecular weight excluding hydrogens is 337 g/mol. The van der Waals surface area contributed by atoms with Gasteiger partial charge in [0.2, 0.25) is 5.16 Å². The number of aromatic nitrogens is 3. The van der Waals surface area contributed by atoms with Crippen LogP contribution in [-0.4, -0.2) is 22.3 Å². The van der Waals surface area contributed by atoms with Crippen LogP contribution >= 0.6 is 23.4 Å². The number of nitrogens with one attached hydrogen (secondary N) is 1. The summed E-state index contributed by atoms with van der Waals surface area (Å²) < 4.78 is 18.9. The molecule has 0 bridgehead atoms. The molecule has 4 nitrogen and oxygen atoms in total. The largest absolute Gasteiger partial charge is 0.496 e. The zero-order valence-corrected chi connectivity index (χ0v) is 13.8. The average molecular weight is 350 g/mol. The fraction of sp³-hybridized carbons (Fsp3) is 0.125. The lowest BCUT2D eigenvalue weighted by Gasteiger charge is -2.05. The van der Waals surface area contributed by atoms with Gasteiger partial charge >= 0.3 is 0 Å². The van der Waals surface area contributed by atoms with Crippen molar-refractivity contribution in [3.63, 3.8) is 0 Å². The van der Waals surface area contributed by atoms with Crippen molar-refractivity contribution < 1.29 is 9.13 Å². The second-order valence-corrected chi connectivity index (χ2v) is 6.07. The van der Waals surface area contributed by atoms with Gasteiger partial charge in [0.25, 0.3) is 0 Å². The summed E-state index contributed by atoms with van der Waals surface area (Å²) in [6.07, 6.45) is 0. The van der Waals surface area contributed by atoms with Crippen LogP contribution in [0.4, 0.5) is 4.39 Å². The molecule has 0 aliphatic carbocycles. The molecule has 0 saturated carbocycles. The topological polar surface area (TPSA) is 50.8 Å². The molecule has 3 rings (SSSR count). The third kappa shape index (κ3) is 3.65. The number of halogens is 2. The molecule has 7 heteroatoms. The van der Waals surface area contributed by atoms with E-state index in [1.807, 2.05) is 0 Å². The van der Waals surface area contributed by atoms with Crippen LogP contribution in [0.5, 0.6) is 5.75 Å². The number of thioether (sulfide) groups is 1.